The van der Waals surface area contributed by atoms with E-state index in [1.54, 1.807) is 55.6 Å². The number of sulfonamides is 1. The molecule has 1 unspecified atom stereocenters. The molecule has 3 N–H and O–H groups in total. The van der Waals surface area contributed by atoms with Crippen molar-refractivity contribution in [1.29, 1.82) is 0 Å². The number of aliphatic hydroxyl groups excluding tert-OH is 1. The lowest BCUT2D eigenvalue weighted by Crippen LogP contribution is -2.42. The second-order valence-corrected chi connectivity index (χ2v) is 12.0. The van der Waals surface area contributed by atoms with E-state index in [2.05, 4.69) is 28.5 Å². The summed E-state index contributed by atoms with van der Waals surface area (Å²) in [5.41, 5.74) is 2.29. The zero-order valence-corrected chi connectivity index (χ0v) is 24.0. The first-order valence-electron chi connectivity index (χ1n) is 13.0. The summed E-state index contributed by atoms with van der Waals surface area (Å²) in [7, 11) is -0.690. The molecule has 10 heteroatoms. The Hall–Kier alpha value is -3.70. The molecule has 9 nitrogen and oxygen atoms in total. The number of carbonyl (C=O) groups excluding carboxylic acids is 1. The second kappa shape index (κ2) is 12.2. The van der Waals surface area contributed by atoms with Crippen LogP contribution in [0.4, 0.5) is 5.69 Å². The number of aromatic nitrogens is 1. The van der Waals surface area contributed by atoms with Gasteiger partial charge in [0.2, 0.25) is 0 Å². The van der Waals surface area contributed by atoms with E-state index in [0.717, 1.165) is 23.9 Å². The van der Waals surface area contributed by atoms with Crippen molar-refractivity contribution < 1.29 is 23.2 Å². The first kappa shape index (κ1) is 29.3. The molecule has 1 heterocycles. The van der Waals surface area contributed by atoms with Crippen molar-refractivity contribution in [3.8, 4) is 0 Å². The fraction of sp³-hybridized carbons (Fsp3) is 0.300. The molecule has 0 aliphatic rings. The number of nitrogens with zero attached hydrogens (tertiary/aromatic N) is 2. The number of hydroxylamine groups is 2. The van der Waals surface area contributed by atoms with Crippen LogP contribution >= 0.6 is 0 Å². The lowest BCUT2D eigenvalue weighted by atomic mass is 9.99. The lowest BCUT2D eigenvalue weighted by molar-refractivity contribution is -0.0756. The van der Waals surface area contributed by atoms with Crippen molar-refractivity contribution in [2.45, 2.75) is 43.4 Å². The Balaban J connectivity index is 1.35. The third-order valence-electron chi connectivity index (χ3n) is 6.91. The van der Waals surface area contributed by atoms with Crippen LogP contribution in [0.15, 0.2) is 90.0 Å². The monoisotopic (exact) mass is 564 g/mol. The number of rotatable bonds is 12. The average molecular weight is 565 g/mol. The zero-order chi connectivity index (χ0) is 28.9. The van der Waals surface area contributed by atoms with Crippen molar-refractivity contribution in [2.24, 2.45) is 0 Å². The SMILES string of the molecule is CON(C)C(=O)c1ccc2c(ccn2CCC(C)(C)NCC(O)c2cccc(NS(=O)(=O)c3ccccc3)c2)c1. The van der Waals surface area contributed by atoms with Crippen molar-refractivity contribution >= 4 is 32.5 Å². The van der Waals surface area contributed by atoms with Crippen LogP contribution in [0.2, 0.25) is 0 Å². The molecular weight excluding hydrogens is 528 g/mol. The van der Waals surface area contributed by atoms with E-state index in [4.69, 9.17) is 4.84 Å². The molecule has 4 rings (SSSR count). The molecule has 0 spiro atoms. The lowest BCUT2D eigenvalue weighted by Gasteiger charge is -2.28. The Morgan fingerprint density at radius 3 is 2.52 bits per heavy atom. The number of β-amino-alcohol motifs (C(OH)–C–C–N with tert-alkyl or cyclic N) is 1. The number of aliphatic hydroxyl groups is 1. The first-order valence-corrected chi connectivity index (χ1v) is 14.5. The molecule has 0 bridgehead atoms. The highest BCUT2D eigenvalue weighted by Gasteiger charge is 2.21. The second-order valence-electron chi connectivity index (χ2n) is 10.3. The molecule has 4 aromatic rings. The van der Waals surface area contributed by atoms with Gasteiger partial charge in [-0.3, -0.25) is 14.4 Å². The van der Waals surface area contributed by atoms with Crippen LogP contribution in [0.5, 0.6) is 0 Å². The maximum atomic E-state index is 12.7. The number of nitrogens with one attached hydrogen (secondary N) is 2. The van der Waals surface area contributed by atoms with Crippen LogP contribution < -0.4 is 10.0 Å². The quantitative estimate of drug-likeness (QED) is 0.217. The highest BCUT2D eigenvalue weighted by Crippen LogP contribution is 2.23. The predicted molar refractivity (Wildman–Crippen MR) is 156 cm³/mol. The minimum absolute atomic E-state index is 0.174. The number of hydrogen-bond donors (Lipinski definition) is 3. The van der Waals surface area contributed by atoms with Crippen LogP contribution in [-0.2, 0) is 21.4 Å². The van der Waals surface area contributed by atoms with Crippen molar-refractivity contribution in [1.82, 2.24) is 14.9 Å². The van der Waals surface area contributed by atoms with E-state index >= 15 is 0 Å². The molecule has 3 aromatic carbocycles. The topological polar surface area (TPSA) is 113 Å². The Kier molecular flexibility index (Phi) is 8.95. The molecule has 0 saturated heterocycles. The number of aryl methyl sites for hydroxylation is 1. The van der Waals surface area contributed by atoms with Crippen molar-refractivity contribution in [3.63, 3.8) is 0 Å². The molecule has 0 saturated carbocycles. The van der Waals surface area contributed by atoms with Gasteiger partial charge in [0, 0.05) is 54.0 Å². The van der Waals surface area contributed by atoms with Gasteiger partial charge < -0.3 is 15.0 Å². The van der Waals surface area contributed by atoms with Crippen LogP contribution in [0.3, 0.4) is 0 Å². The van der Waals surface area contributed by atoms with Crippen LogP contribution in [0.25, 0.3) is 10.9 Å². The largest absolute Gasteiger partial charge is 0.387 e. The molecule has 1 atom stereocenters. The number of carbonyl (C=O) groups is 1. The van der Waals surface area contributed by atoms with E-state index in [0.29, 0.717) is 23.4 Å². The summed E-state index contributed by atoms with van der Waals surface area (Å²) in [5.74, 6) is -0.208. The molecule has 0 radical (unpaired) electrons. The van der Waals surface area contributed by atoms with E-state index < -0.39 is 16.1 Å². The van der Waals surface area contributed by atoms with E-state index in [-0.39, 0.29) is 16.3 Å². The summed E-state index contributed by atoms with van der Waals surface area (Å²) in [6.45, 7) is 5.19. The van der Waals surface area contributed by atoms with Gasteiger partial charge in [0.15, 0.2) is 0 Å². The van der Waals surface area contributed by atoms with E-state index in [9.17, 15) is 18.3 Å². The smallest absolute Gasteiger partial charge is 0.277 e. The van der Waals surface area contributed by atoms with Crippen LogP contribution in [0.1, 0.15) is 42.3 Å². The predicted octanol–water partition coefficient (Wildman–Crippen LogP) is 4.57. The fourth-order valence-electron chi connectivity index (χ4n) is 4.40. The number of hydrogen-bond acceptors (Lipinski definition) is 6. The van der Waals surface area contributed by atoms with Gasteiger partial charge in [-0.1, -0.05) is 30.3 Å². The molecule has 1 amide bonds. The van der Waals surface area contributed by atoms with Crippen LogP contribution in [0, 0.1) is 0 Å². The van der Waals surface area contributed by atoms with Crippen molar-refractivity contribution in [2.75, 3.05) is 25.4 Å². The highest BCUT2D eigenvalue weighted by atomic mass is 32.2. The van der Waals surface area contributed by atoms with Gasteiger partial charge >= 0.3 is 0 Å². The molecule has 0 fully saturated rings. The van der Waals surface area contributed by atoms with E-state index in [1.807, 2.05) is 24.4 Å². The number of amides is 1. The molecule has 212 valence electrons. The van der Waals surface area contributed by atoms with E-state index in [1.165, 1.54) is 24.3 Å². The Morgan fingerprint density at radius 1 is 1.05 bits per heavy atom. The molecular formula is C30H36N4O5S. The Bertz CT molecular complexity index is 1570. The van der Waals surface area contributed by atoms with Gasteiger partial charge in [-0.2, -0.15) is 0 Å². The van der Waals surface area contributed by atoms with Crippen molar-refractivity contribution in [3.05, 3.63) is 96.2 Å². The summed E-state index contributed by atoms with van der Waals surface area (Å²) in [6.07, 6.45) is 1.97. The standard InChI is InChI=1S/C30H36N4O5S/c1-30(2,16-18-34-17-15-22-19-24(13-14-27(22)34)29(36)33(3)39-4)31-21-28(35)23-9-8-10-25(20-23)32-40(37,38)26-11-6-5-7-12-26/h5-15,17,19-20,28,31-32,35H,16,18,21H2,1-4H3. The summed E-state index contributed by atoms with van der Waals surface area (Å²) < 4.78 is 30.1. The zero-order valence-electron chi connectivity index (χ0n) is 23.2. The van der Waals surface area contributed by atoms with Crippen LogP contribution in [-0.4, -0.2) is 55.3 Å². The maximum absolute atomic E-state index is 12.7. The average Bonchev–Trinajstić information content (AvgIpc) is 3.36. The third-order valence-corrected chi connectivity index (χ3v) is 8.30. The van der Waals surface area contributed by atoms with Gasteiger partial charge in [0.05, 0.1) is 18.1 Å². The van der Waals surface area contributed by atoms with Gasteiger partial charge in [0.1, 0.15) is 0 Å². The third kappa shape index (κ3) is 7.08. The molecule has 1 aromatic heterocycles. The van der Waals surface area contributed by atoms with Gasteiger partial charge in [0.25, 0.3) is 15.9 Å². The normalized spacial score (nSPS) is 12.8. The van der Waals surface area contributed by atoms with Gasteiger partial charge in [-0.15, -0.1) is 0 Å². The molecule has 0 aliphatic heterocycles. The maximum Gasteiger partial charge on any atom is 0.277 e. The highest BCUT2D eigenvalue weighted by molar-refractivity contribution is 7.92. The summed E-state index contributed by atoms with van der Waals surface area (Å²) in [5, 5.41) is 16.5. The fourth-order valence-corrected chi connectivity index (χ4v) is 5.47. The minimum atomic E-state index is -3.72. The Morgan fingerprint density at radius 2 is 1.80 bits per heavy atom. The molecule has 0 aliphatic carbocycles. The first-order chi connectivity index (χ1) is 19.0. The summed E-state index contributed by atoms with van der Waals surface area (Å²) in [4.78, 5) is 17.6. The van der Waals surface area contributed by atoms with Gasteiger partial charge in [-0.05, 0) is 74.4 Å². The number of fused-ring (bicyclic) bond motifs is 1. The Labute approximate surface area is 235 Å². The van der Waals surface area contributed by atoms with Gasteiger partial charge in [-0.25, -0.2) is 13.5 Å². The molecule has 40 heavy (non-hydrogen) atoms. The minimum Gasteiger partial charge on any atom is -0.387 e. The summed E-state index contributed by atoms with van der Waals surface area (Å²) >= 11 is 0. The number of benzene rings is 3. The number of anilines is 1. The summed E-state index contributed by atoms with van der Waals surface area (Å²) in [6, 6.07) is 22.5.